The van der Waals surface area contributed by atoms with Gasteiger partial charge in [0.05, 0.1) is 17.7 Å². The molecule has 0 aliphatic carbocycles. The molecule has 0 spiro atoms. The van der Waals surface area contributed by atoms with E-state index in [1.54, 1.807) is 7.11 Å². The molecule has 0 atom stereocenters. The van der Waals surface area contributed by atoms with Gasteiger partial charge >= 0.3 is 0 Å². The van der Waals surface area contributed by atoms with Crippen LogP contribution >= 0.6 is 0 Å². The zero-order chi connectivity index (χ0) is 24.8. The number of anilines is 1. The Morgan fingerprint density at radius 2 is 1.69 bits per heavy atom. The van der Waals surface area contributed by atoms with Crippen LogP contribution in [0.25, 0.3) is 0 Å². The van der Waals surface area contributed by atoms with Crippen LogP contribution in [0.5, 0.6) is 17.2 Å². The molecule has 1 aliphatic heterocycles. The van der Waals surface area contributed by atoms with E-state index in [1.165, 1.54) is 30.3 Å². The predicted octanol–water partition coefficient (Wildman–Crippen LogP) is 3.16. The van der Waals surface area contributed by atoms with Gasteiger partial charge in [-0.1, -0.05) is 12.1 Å². The van der Waals surface area contributed by atoms with Crippen LogP contribution in [0.4, 0.5) is 10.1 Å². The number of halogens is 1. The first kappa shape index (κ1) is 24.3. The molecule has 3 aromatic carbocycles. The summed E-state index contributed by atoms with van der Waals surface area (Å²) in [5.74, 6) is 0.468. The van der Waals surface area contributed by atoms with Crippen LogP contribution < -0.4 is 23.8 Å². The van der Waals surface area contributed by atoms with Gasteiger partial charge in [-0.05, 0) is 60.5 Å². The molecule has 35 heavy (non-hydrogen) atoms. The van der Waals surface area contributed by atoms with Gasteiger partial charge in [-0.3, -0.25) is 9.10 Å². The molecule has 0 unspecified atom stereocenters. The topological polar surface area (TPSA) is 94.2 Å². The van der Waals surface area contributed by atoms with Gasteiger partial charge in [0.1, 0.15) is 31.3 Å². The Kier molecular flexibility index (Phi) is 7.40. The third-order valence-electron chi connectivity index (χ3n) is 5.40. The van der Waals surface area contributed by atoms with E-state index in [1.807, 2.05) is 24.3 Å². The van der Waals surface area contributed by atoms with Crippen molar-refractivity contribution >= 4 is 21.6 Å². The van der Waals surface area contributed by atoms with Crippen molar-refractivity contribution in [1.82, 2.24) is 5.32 Å². The van der Waals surface area contributed by atoms with Crippen LogP contribution in [-0.2, 0) is 21.2 Å². The Hall–Kier alpha value is -3.79. The van der Waals surface area contributed by atoms with Gasteiger partial charge in [-0.2, -0.15) is 0 Å². The number of amides is 1. The second-order valence-electron chi connectivity index (χ2n) is 7.74. The lowest BCUT2D eigenvalue weighted by molar-refractivity contribution is -0.119. The zero-order valence-corrected chi connectivity index (χ0v) is 19.9. The summed E-state index contributed by atoms with van der Waals surface area (Å²) in [5, 5.41) is 2.75. The summed E-state index contributed by atoms with van der Waals surface area (Å²) in [7, 11) is -2.60. The van der Waals surface area contributed by atoms with Gasteiger partial charge in [0.2, 0.25) is 5.91 Å². The largest absolute Gasteiger partial charge is 0.497 e. The Balaban J connectivity index is 1.51. The number of fused-ring (bicyclic) bond motifs is 1. The van der Waals surface area contributed by atoms with Crippen LogP contribution in [0.15, 0.2) is 71.6 Å². The van der Waals surface area contributed by atoms with Crippen molar-refractivity contribution in [3.63, 3.8) is 0 Å². The van der Waals surface area contributed by atoms with E-state index in [9.17, 15) is 17.6 Å². The van der Waals surface area contributed by atoms with Gasteiger partial charge in [0, 0.05) is 12.6 Å². The average molecular weight is 501 g/mol. The predicted molar refractivity (Wildman–Crippen MR) is 128 cm³/mol. The second kappa shape index (κ2) is 10.6. The van der Waals surface area contributed by atoms with Gasteiger partial charge in [0.15, 0.2) is 11.5 Å². The number of methoxy groups -OCH3 is 1. The van der Waals surface area contributed by atoms with Crippen LogP contribution in [0.2, 0.25) is 0 Å². The SMILES string of the molecule is COc1ccc(CCNC(=O)CN(c2ccc(F)cc2)S(=O)(=O)c2ccc3c(c2)OCCO3)cc1. The quantitative estimate of drug-likeness (QED) is 0.485. The molecule has 1 amide bonds. The van der Waals surface area contributed by atoms with Gasteiger partial charge < -0.3 is 19.5 Å². The molecule has 1 heterocycles. The molecule has 0 radical (unpaired) electrons. The van der Waals surface area contributed by atoms with E-state index in [2.05, 4.69) is 5.32 Å². The number of carbonyl (C=O) groups is 1. The third-order valence-corrected chi connectivity index (χ3v) is 7.17. The summed E-state index contributed by atoms with van der Waals surface area (Å²) >= 11 is 0. The van der Waals surface area contributed by atoms with Gasteiger partial charge in [0.25, 0.3) is 10.0 Å². The normalized spacial score (nSPS) is 12.6. The highest BCUT2D eigenvalue weighted by Crippen LogP contribution is 2.34. The molecule has 0 fully saturated rings. The van der Waals surface area contributed by atoms with E-state index in [4.69, 9.17) is 14.2 Å². The Morgan fingerprint density at radius 1 is 1.00 bits per heavy atom. The van der Waals surface area contributed by atoms with Crippen molar-refractivity contribution in [2.45, 2.75) is 11.3 Å². The summed E-state index contributed by atoms with van der Waals surface area (Å²) in [6.07, 6.45) is 0.557. The third kappa shape index (κ3) is 5.83. The summed E-state index contributed by atoms with van der Waals surface area (Å²) in [5.41, 5.74) is 1.15. The fourth-order valence-corrected chi connectivity index (χ4v) is 5.00. The minimum absolute atomic E-state index is 0.0721. The lowest BCUT2D eigenvalue weighted by Gasteiger charge is -2.25. The molecule has 184 valence electrons. The van der Waals surface area contributed by atoms with E-state index >= 15 is 0 Å². The fraction of sp³-hybridized carbons (Fsp3) is 0.240. The zero-order valence-electron chi connectivity index (χ0n) is 19.1. The smallest absolute Gasteiger partial charge is 0.264 e. The molecule has 4 rings (SSSR count). The monoisotopic (exact) mass is 500 g/mol. The maximum Gasteiger partial charge on any atom is 0.264 e. The van der Waals surface area contributed by atoms with Crippen LogP contribution in [0.3, 0.4) is 0 Å². The molecule has 8 nitrogen and oxygen atoms in total. The van der Waals surface area contributed by atoms with Crippen LogP contribution in [0.1, 0.15) is 5.56 Å². The maximum absolute atomic E-state index is 13.5. The first-order valence-electron chi connectivity index (χ1n) is 10.9. The molecular weight excluding hydrogens is 475 g/mol. The molecule has 0 saturated heterocycles. The highest BCUT2D eigenvalue weighted by atomic mass is 32.2. The standard InChI is InChI=1S/C25H25FN2O6S/c1-32-21-8-2-18(3-9-21)12-13-27-25(29)17-28(20-6-4-19(26)5-7-20)35(30,31)22-10-11-23-24(16-22)34-15-14-33-23/h2-11,16H,12-15,17H2,1H3,(H,27,29). The number of nitrogens with zero attached hydrogens (tertiary/aromatic N) is 1. The summed E-state index contributed by atoms with van der Waals surface area (Å²) in [6, 6.07) is 16.6. The van der Waals surface area contributed by atoms with Gasteiger partial charge in [-0.15, -0.1) is 0 Å². The highest BCUT2D eigenvalue weighted by molar-refractivity contribution is 7.92. The molecule has 3 aromatic rings. The fourth-order valence-electron chi connectivity index (χ4n) is 3.56. The molecule has 10 heteroatoms. The number of hydrogen-bond donors (Lipinski definition) is 1. The number of nitrogens with one attached hydrogen (secondary N) is 1. The average Bonchev–Trinajstić information content (AvgIpc) is 2.88. The van der Waals surface area contributed by atoms with Crippen molar-refractivity contribution in [3.05, 3.63) is 78.1 Å². The Morgan fingerprint density at radius 3 is 2.37 bits per heavy atom. The minimum atomic E-state index is -4.18. The van der Waals surface area contributed by atoms with Crippen molar-refractivity contribution in [1.29, 1.82) is 0 Å². The van der Waals surface area contributed by atoms with Crippen molar-refractivity contribution in [2.24, 2.45) is 0 Å². The second-order valence-corrected chi connectivity index (χ2v) is 9.60. The lowest BCUT2D eigenvalue weighted by atomic mass is 10.1. The summed E-state index contributed by atoms with van der Waals surface area (Å²) in [4.78, 5) is 12.7. The van der Waals surface area contributed by atoms with E-state index in [0.29, 0.717) is 37.7 Å². The molecule has 1 aliphatic rings. The van der Waals surface area contributed by atoms with Crippen molar-refractivity contribution in [2.75, 3.05) is 37.7 Å². The molecule has 1 N–H and O–H groups in total. The van der Waals surface area contributed by atoms with Crippen LogP contribution in [-0.4, -0.2) is 47.7 Å². The maximum atomic E-state index is 13.5. The van der Waals surface area contributed by atoms with Crippen LogP contribution in [0, 0.1) is 5.82 Å². The molecule has 0 bridgehead atoms. The number of hydrogen-bond acceptors (Lipinski definition) is 6. The number of rotatable bonds is 9. The van der Waals surface area contributed by atoms with E-state index in [-0.39, 0.29) is 10.6 Å². The molecular formula is C25H25FN2O6S. The number of sulfonamides is 1. The highest BCUT2D eigenvalue weighted by Gasteiger charge is 2.29. The molecule has 0 aromatic heterocycles. The number of carbonyl (C=O) groups excluding carboxylic acids is 1. The van der Waals surface area contributed by atoms with Crippen molar-refractivity contribution in [3.8, 4) is 17.2 Å². The van der Waals surface area contributed by atoms with E-state index < -0.39 is 28.3 Å². The Labute approximate surface area is 203 Å². The number of benzene rings is 3. The van der Waals surface area contributed by atoms with E-state index in [0.717, 1.165) is 27.8 Å². The number of ether oxygens (including phenoxy) is 3. The summed E-state index contributed by atoms with van der Waals surface area (Å²) < 4.78 is 57.6. The van der Waals surface area contributed by atoms with Gasteiger partial charge in [-0.25, -0.2) is 12.8 Å². The first-order chi connectivity index (χ1) is 16.9. The minimum Gasteiger partial charge on any atom is -0.497 e. The molecule has 0 saturated carbocycles. The van der Waals surface area contributed by atoms with Crippen molar-refractivity contribution < 1.29 is 31.8 Å². The Bertz CT molecular complexity index is 1280. The lowest BCUT2D eigenvalue weighted by Crippen LogP contribution is -2.41. The first-order valence-corrected chi connectivity index (χ1v) is 12.4. The summed E-state index contributed by atoms with van der Waals surface area (Å²) in [6.45, 7) is 0.504.